The highest BCUT2D eigenvalue weighted by atomic mass is 32.2. The molecule has 0 saturated carbocycles. The monoisotopic (exact) mass is 380 g/mol. The van der Waals surface area contributed by atoms with Crippen LogP contribution in [0.1, 0.15) is 12.5 Å². The topological polar surface area (TPSA) is 85.4 Å². The quantitative estimate of drug-likeness (QED) is 0.672. The fraction of sp³-hybridized carbons (Fsp3) is 0.294. The number of pyridine rings is 1. The Labute approximate surface area is 152 Å². The number of carbonyl (C=O) groups is 1. The molecule has 1 N–H and O–H groups in total. The Hall–Kier alpha value is -1.90. The number of rotatable bonds is 9. The Bertz CT molecular complexity index is 768. The summed E-state index contributed by atoms with van der Waals surface area (Å²) in [5.41, 5.74) is 1.10. The molecular weight excluding hydrogens is 360 g/mol. The Morgan fingerprint density at radius 2 is 2.00 bits per heavy atom. The lowest BCUT2D eigenvalue weighted by Gasteiger charge is -2.17. The molecule has 0 radical (unpaired) electrons. The van der Waals surface area contributed by atoms with Crippen molar-refractivity contribution in [3.8, 4) is 0 Å². The summed E-state index contributed by atoms with van der Waals surface area (Å²) in [6.07, 6.45) is 2.72. The van der Waals surface area contributed by atoms with Crippen LogP contribution >= 0.6 is 11.8 Å². The van der Waals surface area contributed by atoms with E-state index in [4.69, 9.17) is 4.74 Å². The maximum absolute atomic E-state index is 12.4. The first-order valence-corrected chi connectivity index (χ1v) is 10.4. The maximum Gasteiger partial charge on any atom is 0.325 e. The van der Waals surface area contributed by atoms with Gasteiger partial charge in [-0.15, -0.1) is 0 Å². The minimum Gasteiger partial charge on any atom is -0.465 e. The van der Waals surface area contributed by atoms with Crippen LogP contribution in [0.4, 0.5) is 0 Å². The van der Waals surface area contributed by atoms with Crippen LogP contribution in [-0.2, 0) is 25.3 Å². The summed E-state index contributed by atoms with van der Waals surface area (Å²) < 4.78 is 32.2. The molecule has 0 fully saturated rings. The lowest BCUT2D eigenvalue weighted by atomic mass is 10.2. The summed E-state index contributed by atoms with van der Waals surface area (Å²) in [7, 11) is -3.84. The summed E-state index contributed by atoms with van der Waals surface area (Å²) in [5.74, 6) is 0.356. The van der Waals surface area contributed by atoms with Crippen LogP contribution in [0.25, 0.3) is 0 Å². The lowest BCUT2D eigenvalue weighted by Crippen LogP contribution is -2.43. The number of sulfonamides is 1. The van der Waals surface area contributed by atoms with Gasteiger partial charge in [-0.05, 0) is 24.6 Å². The van der Waals surface area contributed by atoms with Crippen LogP contribution in [-0.4, -0.2) is 37.8 Å². The molecule has 0 saturated heterocycles. The predicted octanol–water partition coefficient (Wildman–Crippen LogP) is 2.22. The average Bonchev–Trinajstić information content (AvgIpc) is 2.62. The maximum atomic E-state index is 12.4. The summed E-state index contributed by atoms with van der Waals surface area (Å²) in [5, 5.41) is 0. The van der Waals surface area contributed by atoms with Crippen molar-refractivity contribution in [3.05, 3.63) is 60.4 Å². The van der Waals surface area contributed by atoms with Crippen LogP contribution in [0.3, 0.4) is 0 Å². The zero-order chi connectivity index (χ0) is 18.1. The number of thioether (sulfide) groups is 1. The minimum atomic E-state index is -3.84. The van der Waals surface area contributed by atoms with E-state index >= 15 is 0 Å². The Morgan fingerprint density at radius 3 is 2.64 bits per heavy atom. The van der Waals surface area contributed by atoms with Crippen LogP contribution in [0.2, 0.25) is 0 Å². The van der Waals surface area contributed by atoms with Crippen molar-refractivity contribution in [2.75, 3.05) is 12.4 Å². The van der Waals surface area contributed by atoms with Crippen molar-refractivity contribution in [3.63, 3.8) is 0 Å². The highest BCUT2D eigenvalue weighted by Crippen LogP contribution is 2.15. The molecule has 2 aromatic rings. The van der Waals surface area contributed by atoms with Gasteiger partial charge in [0.15, 0.2) is 0 Å². The Balaban J connectivity index is 2.04. The van der Waals surface area contributed by atoms with Gasteiger partial charge in [-0.2, -0.15) is 16.5 Å². The third-order valence-electron chi connectivity index (χ3n) is 3.21. The van der Waals surface area contributed by atoms with E-state index in [1.807, 2.05) is 30.3 Å². The molecule has 1 aromatic heterocycles. The summed E-state index contributed by atoms with van der Waals surface area (Å²) in [6.45, 7) is 1.87. The molecule has 0 bridgehead atoms. The van der Waals surface area contributed by atoms with Crippen molar-refractivity contribution in [1.82, 2.24) is 9.71 Å². The summed E-state index contributed by atoms with van der Waals surface area (Å²) in [6, 6.07) is 11.7. The van der Waals surface area contributed by atoms with Gasteiger partial charge >= 0.3 is 5.97 Å². The fourth-order valence-electron chi connectivity index (χ4n) is 2.02. The molecule has 1 heterocycles. The number of hydrogen-bond donors (Lipinski definition) is 1. The normalized spacial score (nSPS) is 12.5. The number of esters is 1. The number of carbonyl (C=O) groups excluding carboxylic acids is 1. The SMILES string of the molecule is CCOC(=O)C(CSCc1ccccc1)NS(=O)(=O)c1cccnc1. The second kappa shape index (κ2) is 9.55. The van der Waals surface area contributed by atoms with Crippen molar-refractivity contribution < 1.29 is 17.9 Å². The van der Waals surface area contributed by atoms with Gasteiger partial charge in [0.2, 0.25) is 10.0 Å². The van der Waals surface area contributed by atoms with Gasteiger partial charge in [-0.1, -0.05) is 30.3 Å². The average molecular weight is 380 g/mol. The first-order chi connectivity index (χ1) is 12.0. The van der Waals surface area contributed by atoms with Crippen LogP contribution < -0.4 is 4.72 Å². The van der Waals surface area contributed by atoms with Gasteiger partial charge in [-0.3, -0.25) is 9.78 Å². The van der Waals surface area contributed by atoms with Gasteiger partial charge in [0.1, 0.15) is 10.9 Å². The molecule has 0 aliphatic heterocycles. The molecule has 1 atom stereocenters. The highest BCUT2D eigenvalue weighted by molar-refractivity contribution is 7.98. The number of hydrogen-bond acceptors (Lipinski definition) is 6. The Kier molecular flexibility index (Phi) is 7.42. The molecule has 2 rings (SSSR count). The standard InChI is InChI=1S/C17H20N2O4S2/c1-2-23-17(20)16(13-24-12-14-7-4-3-5-8-14)19-25(21,22)15-9-6-10-18-11-15/h3-11,16,19H,2,12-13H2,1H3. The molecule has 6 nitrogen and oxygen atoms in total. The second-order valence-corrected chi connectivity index (χ2v) is 7.86. The van der Waals surface area contributed by atoms with E-state index in [2.05, 4.69) is 9.71 Å². The number of ether oxygens (including phenoxy) is 1. The molecule has 1 aromatic carbocycles. The van der Waals surface area contributed by atoms with Crippen molar-refractivity contribution in [2.24, 2.45) is 0 Å². The zero-order valence-electron chi connectivity index (χ0n) is 13.8. The van der Waals surface area contributed by atoms with Crippen molar-refractivity contribution >= 4 is 27.8 Å². The van der Waals surface area contributed by atoms with Gasteiger partial charge in [0.25, 0.3) is 0 Å². The van der Waals surface area contributed by atoms with E-state index < -0.39 is 22.0 Å². The minimum absolute atomic E-state index is 0.0114. The predicted molar refractivity (Wildman–Crippen MR) is 97.6 cm³/mol. The molecule has 0 amide bonds. The summed E-state index contributed by atoms with van der Waals surface area (Å²) in [4.78, 5) is 15.9. The molecule has 8 heteroatoms. The van der Waals surface area contributed by atoms with E-state index in [0.717, 1.165) is 5.56 Å². The summed E-state index contributed by atoms with van der Waals surface area (Å²) >= 11 is 1.46. The van der Waals surface area contributed by atoms with Crippen LogP contribution in [0.15, 0.2) is 59.8 Å². The van der Waals surface area contributed by atoms with Crippen molar-refractivity contribution in [2.45, 2.75) is 23.6 Å². The Morgan fingerprint density at radius 1 is 1.24 bits per heavy atom. The smallest absolute Gasteiger partial charge is 0.325 e. The van der Waals surface area contributed by atoms with Crippen molar-refractivity contribution in [1.29, 1.82) is 0 Å². The molecule has 134 valence electrons. The third kappa shape index (κ3) is 6.15. The number of aromatic nitrogens is 1. The first kappa shape index (κ1) is 19.4. The van der Waals surface area contributed by atoms with E-state index in [0.29, 0.717) is 5.75 Å². The molecule has 25 heavy (non-hydrogen) atoms. The number of nitrogens with zero attached hydrogens (tertiary/aromatic N) is 1. The fourth-order valence-corrected chi connectivity index (χ4v) is 4.28. The lowest BCUT2D eigenvalue weighted by molar-refractivity contribution is -0.144. The van der Waals surface area contributed by atoms with E-state index in [1.54, 1.807) is 6.92 Å². The van der Waals surface area contributed by atoms with E-state index in [-0.39, 0.29) is 17.3 Å². The second-order valence-electron chi connectivity index (χ2n) is 5.12. The zero-order valence-corrected chi connectivity index (χ0v) is 15.4. The van der Waals surface area contributed by atoms with Crippen LogP contribution in [0, 0.1) is 0 Å². The number of benzene rings is 1. The van der Waals surface area contributed by atoms with Gasteiger partial charge in [0, 0.05) is 23.9 Å². The third-order valence-corrected chi connectivity index (χ3v) is 5.77. The first-order valence-electron chi connectivity index (χ1n) is 7.73. The highest BCUT2D eigenvalue weighted by Gasteiger charge is 2.26. The molecule has 1 unspecified atom stereocenters. The van der Waals surface area contributed by atoms with E-state index in [9.17, 15) is 13.2 Å². The van der Waals surface area contributed by atoms with Gasteiger partial charge < -0.3 is 4.74 Å². The molecular formula is C17H20N2O4S2. The molecule has 0 aliphatic carbocycles. The largest absolute Gasteiger partial charge is 0.465 e. The van der Waals surface area contributed by atoms with Gasteiger partial charge in [-0.25, -0.2) is 8.42 Å². The number of nitrogens with one attached hydrogen (secondary N) is 1. The van der Waals surface area contributed by atoms with Gasteiger partial charge in [0.05, 0.1) is 6.61 Å². The van der Waals surface area contributed by atoms with E-state index in [1.165, 1.54) is 36.3 Å². The molecule has 0 aliphatic rings. The van der Waals surface area contributed by atoms with Crippen LogP contribution in [0.5, 0.6) is 0 Å². The molecule has 0 spiro atoms.